The molecule has 3 saturated carbocycles. The average molecular weight is 152 g/mol. The van der Waals surface area contributed by atoms with E-state index >= 15 is 0 Å². The fourth-order valence-corrected chi connectivity index (χ4v) is 3.65. The third kappa shape index (κ3) is 0.357. The second-order valence-corrected chi connectivity index (χ2v) is 4.60. The van der Waals surface area contributed by atoms with Crippen molar-refractivity contribution < 1.29 is 9.90 Å². The quantitative estimate of drug-likeness (QED) is 0.558. The van der Waals surface area contributed by atoms with Gasteiger partial charge in [-0.15, -0.1) is 0 Å². The van der Waals surface area contributed by atoms with Crippen LogP contribution >= 0.6 is 0 Å². The Hall–Kier alpha value is -0.370. The monoisotopic (exact) mass is 152 g/mol. The molecule has 3 fully saturated rings. The molecular weight excluding hydrogens is 140 g/mol. The van der Waals surface area contributed by atoms with Gasteiger partial charge in [0, 0.05) is 16.7 Å². The molecule has 1 spiro atoms. The van der Waals surface area contributed by atoms with Crippen LogP contribution in [0, 0.1) is 22.7 Å². The fourth-order valence-electron chi connectivity index (χ4n) is 3.65. The highest BCUT2D eigenvalue weighted by atomic mass is 16.3. The third-order valence-electron chi connectivity index (χ3n) is 4.60. The molecule has 0 aromatic carbocycles. The van der Waals surface area contributed by atoms with Gasteiger partial charge in [-0.1, -0.05) is 6.92 Å². The zero-order chi connectivity index (χ0) is 7.85. The maximum atomic E-state index is 10.6. The van der Waals surface area contributed by atoms with E-state index in [1.165, 1.54) is 6.42 Å². The topological polar surface area (TPSA) is 37.3 Å². The summed E-state index contributed by atoms with van der Waals surface area (Å²) < 4.78 is 0. The van der Waals surface area contributed by atoms with Gasteiger partial charge in [-0.2, -0.15) is 0 Å². The second-order valence-electron chi connectivity index (χ2n) is 4.60. The molecule has 2 nitrogen and oxygen atoms in total. The van der Waals surface area contributed by atoms with E-state index in [4.69, 9.17) is 0 Å². The summed E-state index contributed by atoms with van der Waals surface area (Å²) in [7, 11) is 0. The molecule has 1 N–H and O–H groups in total. The van der Waals surface area contributed by atoms with Crippen molar-refractivity contribution >= 4 is 6.29 Å². The van der Waals surface area contributed by atoms with Crippen molar-refractivity contribution in [3.05, 3.63) is 0 Å². The first-order valence-corrected chi connectivity index (χ1v) is 4.31. The first-order valence-electron chi connectivity index (χ1n) is 4.31. The second kappa shape index (κ2) is 1.28. The van der Waals surface area contributed by atoms with Crippen LogP contribution in [-0.4, -0.2) is 17.5 Å². The number of aliphatic hydroxyl groups excluding tert-OH is 1. The molecule has 0 aliphatic heterocycles. The lowest BCUT2D eigenvalue weighted by Gasteiger charge is -2.14. The van der Waals surface area contributed by atoms with Gasteiger partial charge in [-0.05, 0) is 18.8 Å². The molecular formula is C9H12O2. The van der Waals surface area contributed by atoms with E-state index in [1.807, 2.05) is 0 Å². The van der Waals surface area contributed by atoms with E-state index in [2.05, 4.69) is 6.92 Å². The lowest BCUT2D eigenvalue weighted by Crippen LogP contribution is -2.17. The summed E-state index contributed by atoms with van der Waals surface area (Å²) in [5.74, 6) is 0.828. The molecule has 0 amide bonds. The number of carbonyl (C=O) groups is 1. The summed E-state index contributed by atoms with van der Waals surface area (Å²) in [5.41, 5.74) is 0.206. The molecule has 11 heavy (non-hydrogen) atoms. The zero-order valence-electron chi connectivity index (χ0n) is 6.58. The number of aldehydes is 1. The summed E-state index contributed by atoms with van der Waals surface area (Å²) >= 11 is 0. The van der Waals surface area contributed by atoms with E-state index in [-0.39, 0.29) is 22.9 Å². The molecule has 3 aliphatic carbocycles. The number of rotatable bonds is 1. The van der Waals surface area contributed by atoms with E-state index < -0.39 is 0 Å². The molecule has 5 atom stereocenters. The maximum Gasteiger partial charge on any atom is 0.123 e. The molecule has 5 unspecified atom stereocenters. The number of hydrogen-bond acceptors (Lipinski definition) is 2. The van der Waals surface area contributed by atoms with E-state index in [9.17, 15) is 9.90 Å². The van der Waals surface area contributed by atoms with Gasteiger partial charge < -0.3 is 9.90 Å². The summed E-state index contributed by atoms with van der Waals surface area (Å²) in [6.45, 7) is 2.07. The van der Waals surface area contributed by atoms with Crippen LogP contribution in [0.4, 0.5) is 0 Å². The van der Waals surface area contributed by atoms with Gasteiger partial charge in [0.2, 0.25) is 0 Å². The molecule has 0 heterocycles. The molecule has 3 aliphatic rings. The SMILES string of the molecule is CC12C(C=O)CC3CC31C2O. The first-order chi connectivity index (χ1) is 5.18. The summed E-state index contributed by atoms with van der Waals surface area (Å²) in [5, 5.41) is 9.65. The molecule has 0 aromatic heterocycles. The van der Waals surface area contributed by atoms with Gasteiger partial charge in [0.25, 0.3) is 0 Å². The van der Waals surface area contributed by atoms with Gasteiger partial charge in [-0.3, -0.25) is 0 Å². The Morgan fingerprint density at radius 3 is 2.73 bits per heavy atom. The number of aliphatic hydroxyl groups is 1. The first kappa shape index (κ1) is 6.18. The van der Waals surface area contributed by atoms with Crippen molar-refractivity contribution in [3.63, 3.8) is 0 Å². The smallest absolute Gasteiger partial charge is 0.123 e. The van der Waals surface area contributed by atoms with E-state index in [0.717, 1.165) is 12.7 Å². The Bertz CT molecular complexity index is 250. The highest BCUT2D eigenvalue weighted by molar-refractivity contribution is 5.62. The van der Waals surface area contributed by atoms with Gasteiger partial charge in [-0.25, -0.2) is 0 Å². The predicted octanol–water partition coefficient (Wildman–Crippen LogP) is 0.592. The van der Waals surface area contributed by atoms with Crippen molar-refractivity contribution in [2.75, 3.05) is 0 Å². The summed E-state index contributed by atoms with van der Waals surface area (Å²) in [4.78, 5) is 10.6. The van der Waals surface area contributed by atoms with Crippen LogP contribution in [0.3, 0.4) is 0 Å². The number of hydrogen-bond donors (Lipinski definition) is 1. The van der Waals surface area contributed by atoms with Gasteiger partial charge in [0.05, 0.1) is 6.10 Å². The van der Waals surface area contributed by atoms with Crippen LogP contribution in [0.15, 0.2) is 0 Å². The minimum atomic E-state index is -0.163. The number of carbonyl (C=O) groups excluding carboxylic acids is 1. The molecule has 2 heteroatoms. The summed E-state index contributed by atoms with van der Waals surface area (Å²) in [6, 6.07) is 0. The Morgan fingerprint density at radius 2 is 2.36 bits per heavy atom. The van der Waals surface area contributed by atoms with Crippen LogP contribution in [-0.2, 0) is 4.79 Å². The molecule has 3 rings (SSSR count). The Morgan fingerprint density at radius 1 is 1.64 bits per heavy atom. The van der Waals surface area contributed by atoms with Crippen molar-refractivity contribution in [1.82, 2.24) is 0 Å². The largest absolute Gasteiger partial charge is 0.392 e. The predicted molar refractivity (Wildman–Crippen MR) is 38.8 cm³/mol. The average Bonchev–Trinajstić information content (AvgIpc) is 2.79. The highest BCUT2D eigenvalue weighted by Crippen LogP contribution is 2.89. The normalized spacial score (nSPS) is 70.2. The fraction of sp³-hybridized carbons (Fsp3) is 0.889. The molecule has 60 valence electrons. The Labute approximate surface area is 65.6 Å². The minimum absolute atomic E-state index is 0.0145. The van der Waals surface area contributed by atoms with Crippen LogP contribution in [0.1, 0.15) is 19.8 Å². The van der Waals surface area contributed by atoms with Crippen LogP contribution in [0.25, 0.3) is 0 Å². The van der Waals surface area contributed by atoms with Gasteiger partial charge >= 0.3 is 0 Å². The van der Waals surface area contributed by atoms with Crippen molar-refractivity contribution in [3.8, 4) is 0 Å². The highest BCUT2D eigenvalue weighted by Gasteiger charge is 2.90. The summed E-state index contributed by atoms with van der Waals surface area (Å²) in [6.07, 6.45) is 3.10. The van der Waals surface area contributed by atoms with Crippen molar-refractivity contribution in [1.29, 1.82) is 0 Å². The van der Waals surface area contributed by atoms with Crippen molar-refractivity contribution in [2.45, 2.75) is 25.9 Å². The molecule has 0 radical (unpaired) electrons. The van der Waals surface area contributed by atoms with E-state index in [1.54, 1.807) is 0 Å². The van der Waals surface area contributed by atoms with Crippen molar-refractivity contribution in [2.24, 2.45) is 22.7 Å². The standard InChI is InChI=1S/C9H12O2/c1-8-6(4-10)2-5-3-9(5,8)7(8)11/h4-7,11H,2-3H2,1H3. The molecule has 0 aromatic rings. The van der Waals surface area contributed by atoms with Crippen LogP contribution in [0.5, 0.6) is 0 Å². The minimum Gasteiger partial charge on any atom is -0.392 e. The van der Waals surface area contributed by atoms with Gasteiger partial charge in [0.1, 0.15) is 6.29 Å². The third-order valence-corrected chi connectivity index (χ3v) is 4.60. The van der Waals surface area contributed by atoms with Crippen LogP contribution in [0.2, 0.25) is 0 Å². The van der Waals surface area contributed by atoms with Gasteiger partial charge in [0.15, 0.2) is 0 Å². The van der Waals surface area contributed by atoms with E-state index in [0.29, 0.717) is 5.92 Å². The lowest BCUT2D eigenvalue weighted by molar-refractivity contribution is -0.113. The van der Waals surface area contributed by atoms with Crippen LogP contribution < -0.4 is 0 Å². The maximum absolute atomic E-state index is 10.6. The molecule has 0 saturated heterocycles. The lowest BCUT2D eigenvalue weighted by atomic mass is 9.90. The zero-order valence-corrected chi connectivity index (χ0v) is 6.58. The molecule has 0 bridgehead atoms. The Balaban J connectivity index is 2.03. The Kier molecular flexibility index (Phi) is 0.722.